The minimum atomic E-state index is -0.214. The lowest BCUT2D eigenvalue weighted by Gasteiger charge is -2.09. The molecule has 20 heavy (non-hydrogen) atoms. The van der Waals surface area contributed by atoms with Crippen LogP contribution in [0.2, 0.25) is 5.02 Å². The lowest BCUT2D eigenvalue weighted by atomic mass is 10.1. The minimum Gasteiger partial charge on any atom is -0.397 e. The van der Waals surface area contributed by atoms with Crippen molar-refractivity contribution in [2.75, 3.05) is 11.1 Å². The Balaban J connectivity index is 1.84. The molecular formula is C15H13ClN2O2. The first kappa shape index (κ1) is 13.0. The molecule has 3 N–H and O–H groups in total. The summed E-state index contributed by atoms with van der Waals surface area (Å²) in [6.45, 7) is 1.16. The zero-order valence-electron chi connectivity index (χ0n) is 10.7. The lowest BCUT2D eigenvalue weighted by molar-refractivity contribution is 0.102. The molecule has 0 spiro atoms. The molecule has 0 bridgehead atoms. The first-order valence-corrected chi connectivity index (χ1v) is 6.57. The van der Waals surface area contributed by atoms with Crippen LogP contribution in [0.15, 0.2) is 36.4 Å². The van der Waals surface area contributed by atoms with Crippen LogP contribution in [0, 0.1) is 0 Å². The van der Waals surface area contributed by atoms with E-state index in [1.807, 2.05) is 12.1 Å². The third-order valence-corrected chi connectivity index (χ3v) is 3.48. The molecule has 0 saturated heterocycles. The van der Waals surface area contributed by atoms with Gasteiger partial charge in [-0.15, -0.1) is 0 Å². The van der Waals surface area contributed by atoms with E-state index in [0.29, 0.717) is 35.2 Å². The van der Waals surface area contributed by atoms with Crippen LogP contribution in [0.1, 0.15) is 21.5 Å². The van der Waals surface area contributed by atoms with Crippen molar-refractivity contribution in [3.05, 3.63) is 58.1 Å². The zero-order chi connectivity index (χ0) is 14.1. The van der Waals surface area contributed by atoms with Crippen molar-refractivity contribution < 1.29 is 9.53 Å². The second-order valence-corrected chi connectivity index (χ2v) is 5.10. The van der Waals surface area contributed by atoms with Crippen LogP contribution in [-0.4, -0.2) is 5.91 Å². The van der Waals surface area contributed by atoms with E-state index >= 15 is 0 Å². The summed E-state index contributed by atoms with van der Waals surface area (Å²) >= 11 is 5.90. The van der Waals surface area contributed by atoms with Crippen molar-refractivity contribution in [1.29, 1.82) is 0 Å². The van der Waals surface area contributed by atoms with Crippen molar-refractivity contribution in [3.63, 3.8) is 0 Å². The first-order chi connectivity index (χ1) is 9.63. The Labute approximate surface area is 121 Å². The highest BCUT2D eigenvalue weighted by Gasteiger charge is 2.15. The third kappa shape index (κ3) is 2.48. The van der Waals surface area contributed by atoms with Gasteiger partial charge in [0, 0.05) is 10.6 Å². The molecule has 102 valence electrons. The van der Waals surface area contributed by atoms with E-state index in [1.165, 1.54) is 0 Å². The van der Waals surface area contributed by atoms with Gasteiger partial charge in [0.15, 0.2) is 0 Å². The fraction of sp³-hybridized carbons (Fsp3) is 0.133. The summed E-state index contributed by atoms with van der Waals surface area (Å²) < 4.78 is 5.33. The largest absolute Gasteiger partial charge is 0.397 e. The van der Waals surface area contributed by atoms with Gasteiger partial charge >= 0.3 is 0 Å². The average molecular weight is 289 g/mol. The molecular weight excluding hydrogens is 276 g/mol. The molecule has 2 aromatic carbocycles. The maximum atomic E-state index is 12.2. The van der Waals surface area contributed by atoms with Crippen LogP contribution in [0.3, 0.4) is 0 Å². The summed E-state index contributed by atoms with van der Waals surface area (Å²) in [6, 6.07) is 10.5. The summed E-state index contributed by atoms with van der Waals surface area (Å²) in [5.41, 5.74) is 9.56. The van der Waals surface area contributed by atoms with Crippen LogP contribution < -0.4 is 11.1 Å². The van der Waals surface area contributed by atoms with E-state index in [2.05, 4.69) is 5.32 Å². The molecule has 0 radical (unpaired) electrons. The number of carbonyl (C=O) groups excluding carboxylic acids is 1. The van der Waals surface area contributed by atoms with Crippen molar-refractivity contribution >= 4 is 28.9 Å². The van der Waals surface area contributed by atoms with Gasteiger partial charge in [-0.2, -0.15) is 0 Å². The van der Waals surface area contributed by atoms with Crippen molar-refractivity contribution in [1.82, 2.24) is 0 Å². The Morgan fingerprint density at radius 2 is 1.95 bits per heavy atom. The average Bonchev–Trinajstić information content (AvgIpc) is 2.90. The molecule has 0 aromatic heterocycles. The quantitative estimate of drug-likeness (QED) is 0.834. The topological polar surface area (TPSA) is 64.3 Å². The molecule has 1 aliphatic rings. The number of hydrogen-bond donors (Lipinski definition) is 2. The summed E-state index contributed by atoms with van der Waals surface area (Å²) in [6.07, 6.45) is 0. The van der Waals surface area contributed by atoms with E-state index in [4.69, 9.17) is 22.1 Å². The molecule has 0 saturated carbocycles. The van der Waals surface area contributed by atoms with Crippen molar-refractivity contribution in [2.24, 2.45) is 0 Å². The summed E-state index contributed by atoms with van der Waals surface area (Å²) in [5, 5.41) is 3.29. The van der Waals surface area contributed by atoms with E-state index in [-0.39, 0.29) is 5.91 Å². The first-order valence-electron chi connectivity index (χ1n) is 6.19. The Kier molecular flexibility index (Phi) is 3.34. The number of ether oxygens (including phenoxy) is 1. The Hall–Kier alpha value is -2.04. The number of halogens is 1. The molecule has 0 fully saturated rings. The summed E-state index contributed by atoms with van der Waals surface area (Å²) in [7, 11) is 0. The van der Waals surface area contributed by atoms with Crippen LogP contribution in [0.5, 0.6) is 0 Å². The van der Waals surface area contributed by atoms with Gasteiger partial charge in [0.05, 0.1) is 24.6 Å². The number of benzene rings is 2. The van der Waals surface area contributed by atoms with Crippen molar-refractivity contribution in [3.8, 4) is 0 Å². The van der Waals surface area contributed by atoms with E-state index in [9.17, 15) is 4.79 Å². The SMILES string of the molecule is Nc1ccc(Cl)cc1NC(=O)c1ccc2c(c1)COC2. The summed E-state index contributed by atoms with van der Waals surface area (Å²) in [4.78, 5) is 12.2. The highest BCUT2D eigenvalue weighted by atomic mass is 35.5. The van der Waals surface area contributed by atoms with E-state index in [1.54, 1.807) is 24.3 Å². The number of anilines is 2. The van der Waals surface area contributed by atoms with Gasteiger partial charge in [0.2, 0.25) is 0 Å². The maximum Gasteiger partial charge on any atom is 0.255 e. The lowest BCUT2D eigenvalue weighted by Crippen LogP contribution is -2.13. The van der Waals surface area contributed by atoms with Gasteiger partial charge in [0.1, 0.15) is 0 Å². The number of nitrogens with one attached hydrogen (secondary N) is 1. The molecule has 0 atom stereocenters. The van der Waals surface area contributed by atoms with Gasteiger partial charge in [-0.3, -0.25) is 4.79 Å². The van der Waals surface area contributed by atoms with Crippen LogP contribution >= 0.6 is 11.6 Å². The monoisotopic (exact) mass is 288 g/mol. The third-order valence-electron chi connectivity index (χ3n) is 3.25. The molecule has 1 heterocycles. The molecule has 3 rings (SSSR count). The highest BCUT2D eigenvalue weighted by Crippen LogP contribution is 2.25. The van der Waals surface area contributed by atoms with Crippen LogP contribution in [0.25, 0.3) is 0 Å². The normalized spacial score (nSPS) is 13.1. The zero-order valence-corrected chi connectivity index (χ0v) is 11.4. The number of fused-ring (bicyclic) bond motifs is 1. The Bertz CT molecular complexity index is 686. The Morgan fingerprint density at radius 3 is 2.80 bits per heavy atom. The molecule has 0 aliphatic carbocycles. The molecule has 2 aromatic rings. The van der Waals surface area contributed by atoms with E-state index in [0.717, 1.165) is 11.1 Å². The number of nitrogen functional groups attached to an aromatic ring is 1. The van der Waals surface area contributed by atoms with Crippen molar-refractivity contribution in [2.45, 2.75) is 13.2 Å². The minimum absolute atomic E-state index is 0.214. The van der Waals surface area contributed by atoms with Gasteiger partial charge in [0.25, 0.3) is 5.91 Å². The predicted octanol–water partition coefficient (Wildman–Crippen LogP) is 3.20. The van der Waals surface area contributed by atoms with Crippen LogP contribution in [-0.2, 0) is 18.0 Å². The smallest absolute Gasteiger partial charge is 0.255 e. The van der Waals surface area contributed by atoms with Gasteiger partial charge in [-0.05, 0) is 41.5 Å². The molecule has 1 aliphatic heterocycles. The van der Waals surface area contributed by atoms with Gasteiger partial charge < -0.3 is 15.8 Å². The van der Waals surface area contributed by atoms with Gasteiger partial charge in [-0.25, -0.2) is 0 Å². The standard InChI is InChI=1S/C15H13ClN2O2/c16-12-3-4-13(17)14(6-12)18-15(19)9-1-2-10-7-20-8-11(10)5-9/h1-6H,7-8,17H2,(H,18,19). The van der Waals surface area contributed by atoms with Crippen LogP contribution in [0.4, 0.5) is 11.4 Å². The number of amides is 1. The molecule has 5 heteroatoms. The van der Waals surface area contributed by atoms with E-state index < -0.39 is 0 Å². The molecule has 1 amide bonds. The predicted molar refractivity (Wildman–Crippen MR) is 78.8 cm³/mol. The number of hydrogen-bond acceptors (Lipinski definition) is 3. The fourth-order valence-corrected chi connectivity index (χ4v) is 2.32. The summed E-state index contributed by atoms with van der Waals surface area (Å²) in [5.74, 6) is -0.214. The molecule has 0 unspecified atom stereocenters. The number of rotatable bonds is 2. The number of carbonyl (C=O) groups is 1. The highest BCUT2D eigenvalue weighted by molar-refractivity contribution is 6.31. The molecule has 4 nitrogen and oxygen atoms in total. The Morgan fingerprint density at radius 1 is 1.15 bits per heavy atom. The van der Waals surface area contributed by atoms with Gasteiger partial charge in [-0.1, -0.05) is 17.7 Å². The maximum absolute atomic E-state index is 12.2. The number of nitrogens with two attached hydrogens (primary N) is 1. The fourth-order valence-electron chi connectivity index (χ4n) is 2.14. The second-order valence-electron chi connectivity index (χ2n) is 4.66. The second kappa shape index (κ2) is 5.15.